The SMILES string of the molecule is CC(C)(C)c1cc(-c2cccc(-c3ccccc3)c2)c(N2c3cc(-n4c5ccc6cccc7c8cccc9ccc4c(c98)c5c67)ccc3B3c4ccc(-n5c6ccc7cccc8c9cccc%10ccc5c(c%109)c6c78)cc4N(c4c(-c5cccc(-c6ccccc6)c5)cc(C(C)(C)C)cc4-c4cccc(-c5ccccc5)c4)c4cc(C(C)(C)C)cc2c43)c(-c2cccc(-c3ccccc3)c2)c1. The van der Waals surface area contributed by atoms with Crippen LogP contribution in [0.4, 0.5) is 34.1 Å². The van der Waals surface area contributed by atoms with E-state index in [4.69, 9.17) is 0 Å². The number of hydrogen-bond acceptors (Lipinski definition) is 2. The molecule has 0 N–H and O–H groups in total. The molecule has 27 rings (SSSR count). The van der Waals surface area contributed by atoms with E-state index in [2.05, 4.69) is 494 Å². The predicted molar refractivity (Wildman–Crippen MR) is 579 cm³/mol. The van der Waals surface area contributed by atoms with Crippen LogP contribution in [0.3, 0.4) is 0 Å². The molecule has 2 aliphatic rings. The number of rotatable bonds is 12. The Kier molecular flexibility index (Phi) is 17.0. The highest BCUT2D eigenvalue weighted by Gasteiger charge is 2.47. The Bertz CT molecular complexity index is 8240. The number of aromatic nitrogens is 2. The molecule has 0 unspecified atom stereocenters. The first kappa shape index (κ1) is 78.7. The third-order valence-electron chi connectivity index (χ3n) is 30.1. The van der Waals surface area contributed by atoms with Gasteiger partial charge in [0.1, 0.15) is 0 Å². The van der Waals surface area contributed by atoms with Gasteiger partial charge in [0.15, 0.2) is 0 Å². The van der Waals surface area contributed by atoms with Gasteiger partial charge in [-0.05, 0) is 290 Å². The van der Waals surface area contributed by atoms with Crippen LogP contribution < -0.4 is 26.2 Å². The molecule has 0 saturated heterocycles. The van der Waals surface area contributed by atoms with Crippen LogP contribution in [0.5, 0.6) is 0 Å². The van der Waals surface area contributed by atoms with Crippen LogP contribution in [-0.2, 0) is 16.2 Å². The molecule has 25 aromatic rings. The fourth-order valence-corrected chi connectivity index (χ4v) is 23.6. The lowest BCUT2D eigenvalue weighted by molar-refractivity contribution is 0.590. The summed E-state index contributed by atoms with van der Waals surface area (Å²) in [6, 6.07) is 159. The van der Waals surface area contributed by atoms with Crippen molar-refractivity contribution >= 4 is 165 Å². The number of fused-ring (bicyclic) bond motifs is 6. The summed E-state index contributed by atoms with van der Waals surface area (Å²) in [7, 11) is 0. The molecule has 0 spiro atoms. The number of anilines is 6. The largest absolute Gasteiger partial charge is 0.310 e. The summed E-state index contributed by atoms with van der Waals surface area (Å²) >= 11 is 0. The van der Waals surface area contributed by atoms with E-state index in [1.165, 1.54) is 164 Å². The van der Waals surface area contributed by atoms with Crippen LogP contribution in [0, 0.1) is 0 Å². The van der Waals surface area contributed by atoms with Crippen molar-refractivity contribution in [3.8, 4) is 100 Å². The lowest BCUT2D eigenvalue weighted by Gasteiger charge is -2.47. The highest BCUT2D eigenvalue weighted by Crippen LogP contribution is 2.59. The second-order valence-corrected chi connectivity index (χ2v) is 41.0. The first-order valence-corrected chi connectivity index (χ1v) is 47.8. The van der Waals surface area contributed by atoms with E-state index in [1.807, 2.05) is 0 Å². The van der Waals surface area contributed by atoms with Gasteiger partial charge in [-0.1, -0.05) is 366 Å². The van der Waals surface area contributed by atoms with E-state index in [9.17, 15) is 0 Å². The van der Waals surface area contributed by atoms with Gasteiger partial charge in [0, 0.05) is 77.9 Å². The average molecular weight is 1720 g/mol. The highest BCUT2D eigenvalue weighted by molar-refractivity contribution is 7.00. The molecule has 2 aromatic heterocycles. The van der Waals surface area contributed by atoms with Crippen molar-refractivity contribution in [1.29, 1.82) is 0 Å². The first-order chi connectivity index (χ1) is 65.9. The van der Waals surface area contributed by atoms with Gasteiger partial charge in [-0.2, -0.15) is 0 Å². The highest BCUT2D eigenvalue weighted by atomic mass is 15.2. The normalized spacial score (nSPS) is 13.0. The fraction of sp³-hybridized carbons (Fsp3) is 0.0923. The third-order valence-corrected chi connectivity index (χ3v) is 30.1. The van der Waals surface area contributed by atoms with Gasteiger partial charge in [-0.25, -0.2) is 0 Å². The second-order valence-electron chi connectivity index (χ2n) is 41.0. The Balaban J connectivity index is 0.830. The molecular weight excluding hydrogens is 1630 g/mol. The molecule has 0 fully saturated rings. The van der Waals surface area contributed by atoms with Gasteiger partial charge in [0.25, 0.3) is 6.71 Å². The van der Waals surface area contributed by atoms with Crippen LogP contribution in [0.2, 0.25) is 0 Å². The molecule has 638 valence electrons. The van der Waals surface area contributed by atoms with Crippen LogP contribution in [0.1, 0.15) is 79.0 Å². The van der Waals surface area contributed by atoms with E-state index in [-0.39, 0.29) is 17.5 Å². The summed E-state index contributed by atoms with van der Waals surface area (Å²) in [4.78, 5) is 5.62. The number of hydrogen-bond donors (Lipinski definition) is 0. The molecule has 0 radical (unpaired) electrons. The Hall–Kier alpha value is -16.1. The van der Waals surface area contributed by atoms with Crippen molar-refractivity contribution in [2.75, 3.05) is 9.80 Å². The van der Waals surface area contributed by atoms with Gasteiger partial charge in [0.2, 0.25) is 0 Å². The van der Waals surface area contributed by atoms with E-state index < -0.39 is 5.41 Å². The van der Waals surface area contributed by atoms with Gasteiger partial charge in [-0.15, -0.1) is 0 Å². The molecule has 4 nitrogen and oxygen atoms in total. The van der Waals surface area contributed by atoms with Gasteiger partial charge in [-0.3, -0.25) is 0 Å². The summed E-state index contributed by atoms with van der Waals surface area (Å²) in [6.07, 6.45) is 0. The van der Waals surface area contributed by atoms with Crippen molar-refractivity contribution in [2.45, 2.75) is 78.6 Å². The van der Waals surface area contributed by atoms with Gasteiger partial charge >= 0.3 is 0 Å². The average Bonchev–Trinajstić information content (AvgIpc) is 1.29. The van der Waals surface area contributed by atoms with Gasteiger partial charge < -0.3 is 18.9 Å². The Labute approximate surface area is 787 Å². The quantitative estimate of drug-likeness (QED) is 0.0689. The minimum Gasteiger partial charge on any atom is -0.310 e. The number of benzene rings is 23. The van der Waals surface area contributed by atoms with Crippen molar-refractivity contribution < 1.29 is 0 Å². The van der Waals surface area contributed by atoms with E-state index in [0.29, 0.717) is 0 Å². The standard InChI is InChI=1S/C130H95BN4/c1-128(2,3)94-70-103(90-46-22-42-86(66-90)78-30-14-10-15-31-78)126(104(71-94)91-47-23-43-87(67-91)79-32-16-11-17-33-79)134-113-76-97(132-109-62-54-82-38-26-50-99-100-51-27-39-83-55-63-110(132)122(118(83)100)121(109)117(82)99)58-60-107(113)131-108-61-59-98(133-111-64-56-84-40-28-52-101-102-53-29-41-85-57-65-112(133)124(120(85)102)123(111)119(84)101)77-114(108)135(116-75-96(130(7,8)9)74-115(134)125(116)131)127-105(92-48-24-44-88(68-92)80-34-18-12-19-35-80)72-95(129(4,5)6)73-106(127)93-49-25-45-89(69-93)81-36-20-13-21-37-81/h10-77H,1-9H3. The van der Waals surface area contributed by atoms with Crippen molar-refractivity contribution in [1.82, 2.24) is 9.13 Å². The zero-order chi connectivity index (χ0) is 90.3. The van der Waals surface area contributed by atoms with E-state index in [0.717, 1.165) is 112 Å². The predicted octanol–water partition coefficient (Wildman–Crippen LogP) is 33.9. The fourth-order valence-electron chi connectivity index (χ4n) is 23.6. The topological polar surface area (TPSA) is 16.3 Å². The minimum absolute atomic E-state index is 0.307. The summed E-state index contributed by atoms with van der Waals surface area (Å²) in [6.45, 7) is 21.3. The lowest BCUT2D eigenvalue weighted by atomic mass is 9.33. The molecule has 0 atom stereocenters. The molecular formula is C130H95BN4. The first-order valence-electron chi connectivity index (χ1n) is 47.8. The molecule has 4 heterocycles. The molecule has 2 aliphatic heterocycles. The Morgan fingerprint density at radius 3 is 0.719 bits per heavy atom. The van der Waals surface area contributed by atoms with Crippen LogP contribution >= 0.6 is 0 Å². The minimum atomic E-state index is -0.439. The Morgan fingerprint density at radius 1 is 0.193 bits per heavy atom. The smallest absolute Gasteiger partial charge is 0.252 e. The lowest BCUT2D eigenvalue weighted by Crippen LogP contribution is -2.61. The van der Waals surface area contributed by atoms with Crippen LogP contribution in [-0.4, -0.2) is 15.8 Å². The van der Waals surface area contributed by atoms with E-state index in [1.54, 1.807) is 0 Å². The van der Waals surface area contributed by atoms with Gasteiger partial charge in [0.05, 0.1) is 33.4 Å². The van der Waals surface area contributed by atoms with Crippen LogP contribution in [0.15, 0.2) is 413 Å². The molecule has 0 aliphatic carbocycles. The van der Waals surface area contributed by atoms with Crippen molar-refractivity contribution in [3.63, 3.8) is 0 Å². The van der Waals surface area contributed by atoms with E-state index >= 15 is 0 Å². The van der Waals surface area contributed by atoms with Crippen molar-refractivity contribution in [2.24, 2.45) is 0 Å². The molecule has 0 amide bonds. The molecule has 0 saturated carbocycles. The van der Waals surface area contributed by atoms with Crippen LogP contribution in [0.25, 0.3) is 209 Å². The number of nitrogens with zero attached hydrogens (tertiary/aromatic N) is 4. The maximum Gasteiger partial charge on any atom is 0.252 e. The van der Waals surface area contributed by atoms with Crippen molar-refractivity contribution in [3.05, 3.63) is 429 Å². The molecule has 135 heavy (non-hydrogen) atoms. The molecule has 23 aromatic carbocycles. The summed E-state index contributed by atoms with van der Waals surface area (Å²) in [5.74, 6) is 0. The molecule has 5 heteroatoms. The summed E-state index contributed by atoms with van der Waals surface area (Å²) < 4.78 is 5.25. The maximum absolute atomic E-state index is 2.81. The molecule has 0 bridgehead atoms. The monoisotopic (exact) mass is 1720 g/mol. The summed E-state index contributed by atoms with van der Waals surface area (Å²) in [5, 5.41) is 20.6. The second kappa shape index (κ2) is 29.2. The maximum atomic E-state index is 2.81. The summed E-state index contributed by atoms with van der Waals surface area (Å²) in [5.41, 5.74) is 38.2. The zero-order valence-electron chi connectivity index (χ0n) is 77.1. The third kappa shape index (κ3) is 12.0. The zero-order valence-corrected chi connectivity index (χ0v) is 77.1. The Morgan fingerprint density at radius 2 is 0.444 bits per heavy atom.